The van der Waals surface area contributed by atoms with Crippen molar-refractivity contribution in [2.75, 3.05) is 26.8 Å². The molecule has 7 heteroatoms. The third kappa shape index (κ3) is 7.91. The molecule has 0 fully saturated rings. The molecule has 4 aromatic rings. The first-order chi connectivity index (χ1) is 19.9. The van der Waals surface area contributed by atoms with E-state index in [4.69, 9.17) is 9.47 Å². The predicted molar refractivity (Wildman–Crippen MR) is 163 cm³/mol. The van der Waals surface area contributed by atoms with Crippen LogP contribution in [0.15, 0.2) is 79.0 Å². The normalized spacial score (nSPS) is 11.0. The van der Waals surface area contributed by atoms with Crippen LogP contribution in [0.2, 0.25) is 0 Å². The molecule has 7 nitrogen and oxygen atoms in total. The van der Waals surface area contributed by atoms with Gasteiger partial charge >= 0.3 is 0 Å². The van der Waals surface area contributed by atoms with Crippen molar-refractivity contribution < 1.29 is 19.1 Å². The highest BCUT2D eigenvalue weighted by atomic mass is 16.5. The minimum absolute atomic E-state index is 0.00467. The van der Waals surface area contributed by atoms with Crippen LogP contribution < -0.4 is 9.47 Å². The Morgan fingerprint density at radius 2 is 1.63 bits per heavy atom. The molecule has 2 amide bonds. The van der Waals surface area contributed by atoms with E-state index >= 15 is 0 Å². The van der Waals surface area contributed by atoms with E-state index in [0.717, 1.165) is 46.4 Å². The summed E-state index contributed by atoms with van der Waals surface area (Å²) >= 11 is 0. The Labute approximate surface area is 243 Å². The molecule has 0 saturated carbocycles. The average Bonchev–Trinajstić information content (AvgIpc) is 3.41. The number of aromatic nitrogens is 1. The quantitative estimate of drug-likeness (QED) is 0.181. The number of methoxy groups -OCH3 is 1. The van der Waals surface area contributed by atoms with Gasteiger partial charge in [0.2, 0.25) is 5.91 Å². The molecule has 0 saturated heterocycles. The highest BCUT2D eigenvalue weighted by molar-refractivity contribution is 5.96. The van der Waals surface area contributed by atoms with Crippen LogP contribution in [-0.4, -0.2) is 59.4 Å². The molecule has 0 spiro atoms. The molecule has 41 heavy (non-hydrogen) atoms. The van der Waals surface area contributed by atoms with E-state index in [1.54, 1.807) is 24.1 Å². The van der Waals surface area contributed by atoms with Crippen molar-refractivity contribution in [1.29, 1.82) is 0 Å². The number of carbonyl (C=O) groups is 2. The Hall–Kier alpha value is -4.26. The van der Waals surface area contributed by atoms with Gasteiger partial charge in [0.15, 0.2) is 0 Å². The Morgan fingerprint density at radius 3 is 2.32 bits per heavy atom. The molecule has 3 aromatic carbocycles. The number of fused-ring (bicyclic) bond motifs is 1. The molecule has 0 radical (unpaired) electrons. The molecule has 0 aliphatic carbocycles. The summed E-state index contributed by atoms with van der Waals surface area (Å²) < 4.78 is 11.0. The third-order valence-corrected chi connectivity index (χ3v) is 7.27. The molecule has 1 heterocycles. The van der Waals surface area contributed by atoms with Gasteiger partial charge in [-0.1, -0.05) is 43.7 Å². The van der Waals surface area contributed by atoms with Crippen LogP contribution in [0.3, 0.4) is 0 Å². The molecular formula is C34H41N3O4. The average molecular weight is 556 g/mol. The van der Waals surface area contributed by atoms with E-state index in [-0.39, 0.29) is 24.4 Å². The van der Waals surface area contributed by atoms with Crippen molar-refractivity contribution in [3.63, 3.8) is 0 Å². The summed E-state index contributed by atoms with van der Waals surface area (Å²) in [7, 11) is 1.64. The van der Waals surface area contributed by atoms with E-state index in [0.29, 0.717) is 31.7 Å². The number of amides is 2. The number of benzene rings is 3. The van der Waals surface area contributed by atoms with Crippen LogP contribution in [0.1, 0.15) is 55.1 Å². The summed E-state index contributed by atoms with van der Waals surface area (Å²) in [6.07, 6.45) is 4.75. The molecule has 1 aromatic heterocycles. The lowest BCUT2D eigenvalue weighted by Gasteiger charge is -2.30. The second-order valence-electron chi connectivity index (χ2n) is 10.5. The fourth-order valence-electron chi connectivity index (χ4n) is 4.77. The minimum Gasteiger partial charge on any atom is -0.497 e. The maximum Gasteiger partial charge on any atom is 0.254 e. The van der Waals surface area contributed by atoms with Gasteiger partial charge in [-0.3, -0.25) is 9.59 Å². The van der Waals surface area contributed by atoms with Crippen LogP contribution >= 0.6 is 0 Å². The maximum absolute atomic E-state index is 13.8. The number of hydrogen-bond donors (Lipinski definition) is 1. The van der Waals surface area contributed by atoms with Gasteiger partial charge in [-0.2, -0.15) is 0 Å². The molecule has 0 bridgehead atoms. The van der Waals surface area contributed by atoms with Crippen molar-refractivity contribution in [3.05, 3.63) is 95.7 Å². The summed E-state index contributed by atoms with van der Waals surface area (Å²) in [5.41, 5.74) is 3.77. The van der Waals surface area contributed by atoms with Gasteiger partial charge in [0.25, 0.3) is 5.91 Å². The van der Waals surface area contributed by atoms with Crippen LogP contribution in [0, 0.1) is 0 Å². The highest BCUT2D eigenvalue weighted by Crippen LogP contribution is 2.20. The third-order valence-electron chi connectivity index (χ3n) is 7.27. The van der Waals surface area contributed by atoms with Crippen LogP contribution in [0.5, 0.6) is 11.5 Å². The van der Waals surface area contributed by atoms with Gasteiger partial charge in [0.05, 0.1) is 13.7 Å². The van der Waals surface area contributed by atoms with E-state index in [1.807, 2.05) is 73.5 Å². The second-order valence-corrected chi connectivity index (χ2v) is 10.5. The number of hydrogen-bond acceptors (Lipinski definition) is 4. The largest absolute Gasteiger partial charge is 0.497 e. The number of unbranched alkanes of at least 4 members (excludes halogenated alkanes) is 1. The van der Waals surface area contributed by atoms with Gasteiger partial charge in [-0.15, -0.1) is 0 Å². The number of nitrogens with one attached hydrogen (secondary N) is 1. The first kappa shape index (κ1) is 29.7. The fraction of sp³-hybridized carbons (Fsp3) is 0.353. The van der Waals surface area contributed by atoms with Crippen LogP contribution in [0.25, 0.3) is 10.9 Å². The molecule has 0 aliphatic heterocycles. The van der Waals surface area contributed by atoms with Crippen molar-refractivity contribution in [3.8, 4) is 11.5 Å². The Kier molecular flexibility index (Phi) is 10.4. The van der Waals surface area contributed by atoms with Crippen molar-refractivity contribution in [2.24, 2.45) is 0 Å². The molecule has 4 rings (SSSR count). The standard InChI is InChI=1S/C34H41N3O4/c1-5-6-21-41-30-17-13-27(14-18-30)34(39)37(25(2)3)24-33(38)36(23-26-11-15-29(40-4)16-12-26)20-19-28-22-35-32-10-8-7-9-31(28)32/h7-18,22,25,35H,5-6,19-21,23-24H2,1-4H3. The first-order valence-corrected chi connectivity index (χ1v) is 14.4. The fourth-order valence-corrected chi connectivity index (χ4v) is 4.77. The number of rotatable bonds is 14. The van der Waals surface area contributed by atoms with Crippen LogP contribution in [0.4, 0.5) is 0 Å². The molecule has 0 atom stereocenters. The second kappa shape index (κ2) is 14.4. The van der Waals surface area contributed by atoms with Crippen molar-refractivity contribution in [2.45, 2.75) is 52.6 Å². The lowest BCUT2D eigenvalue weighted by Crippen LogP contribution is -2.46. The lowest BCUT2D eigenvalue weighted by atomic mass is 10.1. The van der Waals surface area contributed by atoms with Gasteiger partial charge in [-0.05, 0) is 80.3 Å². The zero-order valence-electron chi connectivity index (χ0n) is 24.6. The maximum atomic E-state index is 13.8. The van der Waals surface area contributed by atoms with Gasteiger partial charge < -0.3 is 24.3 Å². The monoisotopic (exact) mass is 555 g/mol. The number of aromatic amines is 1. The zero-order valence-corrected chi connectivity index (χ0v) is 24.6. The highest BCUT2D eigenvalue weighted by Gasteiger charge is 2.25. The molecule has 0 aliphatic rings. The van der Waals surface area contributed by atoms with E-state index < -0.39 is 0 Å². The molecule has 1 N–H and O–H groups in total. The van der Waals surface area contributed by atoms with E-state index in [9.17, 15) is 9.59 Å². The summed E-state index contributed by atoms with van der Waals surface area (Å²) in [6.45, 7) is 7.60. The summed E-state index contributed by atoms with van der Waals surface area (Å²) in [5, 5.41) is 1.16. The molecular weight excluding hydrogens is 514 g/mol. The van der Waals surface area contributed by atoms with Crippen molar-refractivity contribution >= 4 is 22.7 Å². The smallest absolute Gasteiger partial charge is 0.254 e. The topological polar surface area (TPSA) is 74.9 Å². The number of ether oxygens (including phenoxy) is 2. The van der Waals surface area contributed by atoms with Crippen molar-refractivity contribution in [1.82, 2.24) is 14.8 Å². The number of carbonyl (C=O) groups excluding carboxylic acids is 2. The zero-order chi connectivity index (χ0) is 29.2. The number of H-pyrrole nitrogens is 1. The van der Waals surface area contributed by atoms with Gasteiger partial charge in [0, 0.05) is 41.8 Å². The predicted octanol–water partition coefficient (Wildman–Crippen LogP) is 6.48. The Balaban J connectivity index is 1.50. The minimum atomic E-state index is -0.172. The Morgan fingerprint density at radius 1 is 0.927 bits per heavy atom. The summed E-state index contributed by atoms with van der Waals surface area (Å²) in [5.74, 6) is 1.24. The van der Waals surface area contributed by atoms with Crippen LogP contribution in [-0.2, 0) is 17.8 Å². The van der Waals surface area contributed by atoms with Gasteiger partial charge in [0.1, 0.15) is 18.0 Å². The van der Waals surface area contributed by atoms with E-state index in [1.165, 1.54) is 0 Å². The number of para-hydroxylation sites is 1. The van der Waals surface area contributed by atoms with E-state index in [2.05, 4.69) is 24.0 Å². The summed E-state index contributed by atoms with van der Waals surface area (Å²) in [4.78, 5) is 34.2. The molecule has 216 valence electrons. The van der Waals surface area contributed by atoms with Gasteiger partial charge in [-0.25, -0.2) is 0 Å². The summed E-state index contributed by atoms with van der Waals surface area (Å²) in [6, 6.07) is 23.0. The SMILES string of the molecule is CCCCOc1ccc(C(=O)N(CC(=O)N(CCc2c[nH]c3ccccc23)Cc2ccc(OC)cc2)C(C)C)cc1. The first-order valence-electron chi connectivity index (χ1n) is 14.4. The number of nitrogens with zero attached hydrogens (tertiary/aromatic N) is 2. The molecule has 0 unspecified atom stereocenters. The lowest BCUT2D eigenvalue weighted by molar-refractivity contribution is -0.132. The Bertz CT molecular complexity index is 1410.